The fraction of sp³-hybridized carbons (Fsp3) is 0.529. The summed E-state index contributed by atoms with van der Waals surface area (Å²) in [4.78, 5) is 29.8. The molecule has 2 aliphatic carbocycles. The number of amides is 2. The maximum atomic E-state index is 14.5. The number of aromatic nitrogens is 3. The molecular weight excluding hydrogens is 621 g/mol. The molecule has 3 aromatic rings. The molecule has 0 bridgehead atoms. The Bertz CT molecular complexity index is 1720. The third-order valence-corrected chi connectivity index (χ3v) is 9.71. The predicted molar refractivity (Wildman–Crippen MR) is 163 cm³/mol. The van der Waals surface area contributed by atoms with Crippen LogP contribution >= 0.6 is 0 Å². The van der Waals surface area contributed by atoms with Gasteiger partial charge in [0.15, 0.2) is 0 Å². The van der Waals surface area contributed by atoms with Crippen molar-refractivity contribution in [2.45, 2.75) is 108 Å². The Balaban J connectivity index is 1.34. The van der Waals surface area contributed by atoms with Gasteiger partial charge in [-0.1, -0.05) is 12.1 Å². The van der Waals surface area contributed by atoms with E-state index in [1.165, 1.54) is 22.2 Å². The minimum Gasteiger partial charge on any atom is -0.444 e. The van der Waals surface area contributed by atoms with Crippen LogP contribution in [0.3, 0.4) is 0 Å². The SMILES string of the molecule is Cn1cnnc1CC1(c2cccc(N3Cc4c(cc(CN(C(=O)OC(C)(C)C)C5(C)CCC5)cc4C(F)(F)F)C3=O)c2)CC(F)(F)C1. The van der Waals surface area contributed by atoms with Gasteiger partial charge in [0.25, 0.3) is 5.91 Å². The Morgan fingerprint density at radius 2 is 1.79 bits per heavy atom. The molecule has 0 N–H and O–H groups in total. The molecule has 0 spiro atoms. The van der Waals surface area contributed by atoms with Crippen molar-refractivity contribution in [2.24, 2.45) is 7.05 Å². The molecule has 8 nitrogen and oxygen atoms in total. The predicted octanol–water partition coefficient (Wildman–Crippen LogP) is 7.58. The van der Waals surface area contributed by atoms with Crippen molar-refractivity contribution in [1.82, 2.24) is 19.7 Å². The van der Waals surface area contributed by atoms with Gasteiger partial charge < -0.3 is 14.2 Å². The number of benzene rings is 2. The first kappa shape index (κ1) is 32.9. The summed E-state index contributed by atoms with van der Waals surface area (Å²) in [7, 11) is 1.72. The fourth-order valence-corrected chi connectivity index (χ4v) is 7.10. The molecule has 0 saturated heterocycles. The molecule has 2 amide bonds. The van der Waals surface area contributed by atoms with Crippen LogP contribution in [0.5, 0.6) is 0 Å². The number of carbonyl (C=O) groups excluding carboxylic acids is 2. The lowest BCUT2D eigenvalue weighted by Gasteiger charge is -2.48. The number of fused-ring (bicyclic) bond motifs is 1. The number of rotatable bonds is 7. The van der Waals surface area contributed by atoms with E-state index in [-0.39, 0.29) is 36.2 Å². The molecule has 3 aliphatic rings. The highest BCUT2D eigenvalue weighted by Crippen LogP contribution is 2.55. The van der Waals surface area contributed by atoms with E-state index in [1.54, 1.807) is 56.7 Å². The van der Waals surface area contributed by atoms with Gasteiger partial charge in [0.2, 0.25) is 5.92 Å². The van der Waals surface area contributed by atoms with Gasteiger partial charge >= 0.3 is 12.3 Å². The number of nitrogens with zero attached hydrogens (tertiary/aromatic N) is 5. The van der Waals surface area contributed by atoms with Gasteiger partial charge in [-0.2, -0.15) is 13.2 Å². The van der Waals surface area contributed by atoms with Crippen LogP contribution in [0.4, 0.5) is 32.4 Å². The van der Waals surface area contributed by atoms with E-state index in [9.17, 15) is 31.5 Å². The molecule has 252 valence electrons. The number of carbonyl (C=O) groups is 2. The van der Waals surface area contributed by atoms with Crippen molar-refractivity contribution in [3.8, 4) is 0 Å². The van der Waals surface area contributed by atoms with Gasteiger partial charge in [0, 0.05) is 55.1 Å². The van der Waals surface area contributed by atoms with E-state index in [4.69, 9.17) is 4.74 Å². The van der Waals surface area contributed by atoms with E-state index in [0.29, 0.717) is 29.9 Å². The summed E-state index contributed by atoms with van der Waals surface area (Å²) >= 11 is 0. The van der Waals surface area contributed by atoms with Crippen LogP contribution in [-0.2, 0) is 42.9 Å². The molecular formula is C34H38F5N5O3. The van der Waals surface area contributed by atoms with Crippen molar-refractivity contribution in [2.75, 3.05) is 4.90 Å². The van der Waals surface area contributed by atoms with Gasteiger partial charge in [-0.25, -0.2) is 13.6 Å². The van der Waals surface area contributed by atoms with E-state index in [0.717, 1.165) is 12.5 Å². The molecule has 1 aromatic heterocycles. The molecule has 0 unspecified atom stereocenters. The van der Waals surface area contributed by atoms with Crippen LogP contribution in [0.1, 0.15) is 98.2 Å². The summed E-state index contributed by atoms with van der Waals surface area (Å²) in [6.45, 7) is 6.54. The highest BCUT2D eigenvalue weighted by Gasteiger charge is 2.57. The van der Waals surface area contributed by atoms with Crippen LogP contribution in [0.25, 0.3) is 0 Å². The molecule has 0 radical (unpaired) electrons. The number of halogens is 5. The average Bonchev–Trinajstić information content (AvgIpc) is 3.49. The smallest absolute Gasteiger partial charge is 0.416 e. The number of ether oxygens (including phenoxy) is 1. The molecule has 0 atom stereocenters. The van der Waals surface area contributed by atoms with Crippen molar-refractivity contribution in [3.63, 3.8) is 0 Å². The molecule has 2 heterocycles. The maximum absolute atomic E-state index is 14.5. The quantitative estimate of drug-likeness (QED) is 0.244. The highest BCUT2D eigenvalue weighted by atomic mass is 19.4. The summed E-state index contributed by atoms with van der Waals surface area (Å²) in [5.74, 6) is -2.99. The number of aryl methyl sites for hydroxylation is 1. The van der Waals surface area contributed by atoms with E-state index >= 15 is 0 Å². The molecule has 47 heavy (non-hydrogen) atoms. The first-order valence-electron chi connectivity index (χ1n) is 15.7. The van der Waals surface area contributed by atoms with Crippen LogP contribution in [0.15, 0.2) is 42.7 Å². The normalized spacial score (nSPS) is 19.5. The number of hydrogen-bond donors (Lipinski definition) is 0. The molecule has 13 heteroatoms. The van der Waals surface area contributed by atoms with E-state index in [2.05, 4.69) is 10.2 Å². The van der Waals surface area contributed by atoms with Crippen molar-refractivity contribution in [3.05, 3.63) is 76.4 Å². The Morgan fingerprint density at radius 3 is 2.34 bits per heavy atom. The zero-order chi connectivity index (χ0) is 34.2. The summed E-state index contributed by atoms with van der Waals surface area (Å²) in [6, 6.07) is 8.98. The van der Waals surface area contributed by atoms with Gasteiger partial charge in [-0.05, 0) is 87.9 Å². The average molecular weight is 660 g/mol. The summed E-state index contributed by atoms with van der Waals surface area (Å²) in [5, 5.41) is 7.93. The van der Waals surface area contributed by atoms with E-state index < -0.39 is 59.1 Å². The van der Waals surface area contributed by atoms with Crippen molar-refractivity contribution in [1.29, 1.82) is 0 Å². The molecule has 2 fully saturated rings. The van der Waals surface area contributed by atoms with Crippen LogP contribution < -0.4 is 4.90 Å². The van der Waals surface area contributed by atoms with Crippen molar-refractivity contribution < 1.29 is 36.3 Å². The second-order valence-corrected chi connectivity index (χ2v) is 14.6. The van der Waals surface area contributed by atoms with E-state index in [1.807, 2.05) is 6.92 Å². The van der Waals surface area contributed by atoms with Crippen LogP contribution in [-0.4, -0.2) is 48.7 Å². The molecule has 1 aliphatic heterocycles. The maximum Gasteiger partial charge on any atom is 0.416 e. The lowest BCUT2D eigenvalue weighted by molar-refractivity contribution is -0.138. The Hall–Kier alpha value is -4.03. The largest absolute Gasteiger partial charge is 0.444 e. The second kappa shape index (κ2) is 11.0. The lowest BCUT2D eigenvalue weighted by Crippen LogP contribution is -2.54. The Morgan fingerprint density at radius 1 is 1.09 bits per heavy atom. The molecule has 2 aromatic carbocycles. The second-order valence-electron chi connectivity index (χ2n) is 14.6. The topological polar surface area (TPSA) is 80.6 Å². The summed E-state index contributed by atoms with van der Waals surface area (Å²) in [5.41, 5.74) is -2.58. The minimum absolute atomic E-state index is 0.105. The Labute approximate surface area is 269 Å². The monoisotopic (exact) mass is 659 g/mol. The number of anilines is 1. The number of hydrogen-bond acceptors (Lipinski definition) is 5. The zero-order valence-corrected chi connectivity index (χ0v) is 27.0. The highest BCUT2D eigenvalue weighted by molar-refractivity contribution is 6.10. The lowest BCUT2D eigenvalue weighted by atomic mass is 9.60. The summed E-state index contributed by atoms with van der Waals surface area (Å²) < 4.78 is 79.6. The Kier molecular flexibility index (Phi) is 7.71. The third kappa shape index (κ3) is 6.20. The van der Waals surface area contributed by atoms with Gasteiger partial charge in [0.1, 0.15) is 17.8 Å². The first-order valence-corrected chi connectivity index (χ1v) is 15.7. The minimum atomic E-state index is -4.77. The van der Waals surface area contributed by atoms with Gasteiger partial charge in [-0.3, -0.25) is 9.69 Å². The third-order valence-electron chi connectivity index (χ3n) is 9.71. The van der Waals surface area contributed by atoms with Crippen LogP contribution in [0.2, 0.25) is 0 Å². The van der Waals surface area contributed by atoms with Gasteiger partial charge in [0.05, 0.1) is 12.1 Å². The molecule has 6 rings (SSSR count). The summed E-state index contributed by atoms with van der Waals surface area (Å²) in [6.07, 6.45) is -2.36. The van der Waals surface area contributed by atoms with Crippen molar-refractivity contribution >= 4 is 17.7 Å². The standard InChI is InChI=1S/C34H38F5N5O3/c1-30(2,3)47-29(46)44(31(4)10-7-11-31)16-21-12-24-25(26(13-21)34(37,38)39)17-43(28(24)45)23-9-6-8-22(14-23)32(18-33(35,36)19-32)15-27-41-40-20-42(27)5/h6,8-9,12-14,20H,7,10-11,15-19H2,1-5H3. The number of alkyl halides is 5. The zero-order valence-electron chi connectivity index (χ0n) is 27.0. The first-order chi connectivity index (χ1) is 21.8. The fourth-order valence-electron chi connectivity index (χ4n) is 7.10. The van der Waals surface area contributed by atoms with Crippen LogP contribution in [0, 0.1) is 0 Å². The molecule has 2 saturated carbocycles. The van der Waals surface area contributed by atoms with Gasteiger partial charge in [-0.15, -0.1) is 10.2 Å².